The van der Waals surface area contributed by atoms with Crippen LogP contribution in [-0.2, 0) is 4.79 Å². The van der Waals surface area contributed by atoms with E-state index in [1.807, 2.05) is 0 Å². The van der Waals surface area contributed by atoms with Crippen LogP contribution in [0.3, 0.4) is 0 Å². The van der Waals surface area contributed by atoms with Gasteiger partial charge < -0.3 is 25.5 Å². The summed E-state index contributed by atoms with van der Waals surface area (Å²) in [7, 11) is 0. The number of amides is 1. The van der Waals surface area contributed by atoms with Crippen molar-refractivity contribution in [3.8, 4) is 0 Å². The van der Waals surface area contributed by atoms with Gasteiger partial charge in [-0.05, 0) is 35.9 Å². The maximum atomic E-state index is 12.5. The van der Waals surface area contributed by atoms with Crippen molar-refractivity contribution in [3.05, 3.63) is 71.0 Å². The van der Waals surface area contributed by atoms with E-state index in [1.54, 1.807) is 23.1 Å². The van der Waals surface area contributed by atoms with Crippen molar-refractivity contribution in [2.24, 2.45) is 5.73 Å². The molecule has 10 heteroatoms. The lowest BCUT2D eigenvalue weighted by atomic mass is 10.0. The Morgan fingerprint density at radius 2 is 2.07 bits per heavy atom. The minimum Gasteiger partial charge on any atom is -0.478 e. The van der Waals surface area contributed by atoms with Crippen LogP contribution in [0.2, 0.25) is 5.15 Å². The molecule has 9 nitrogen and oxygen atoms in total. The molecule has 0 saturated heterocycles. The van der Waals surface area contributed by atoms with Crippen LogP contribution < -0.4 is 16.0 Å². The lowest BCUT2D eigenvalue weighted by Gasteiger charge is -2.32. The number of halogens is 1. The number of aromatic carboxylic acids is 1. The molecule has 2 unspecified atom stereocenters. The summed E-state index contributed by atoms with van der Waals surface area (Å²) in [5.74, 6) is -1.11. The molecule has 4 N–H and O–H groups in total. The number of carboxylic acid groups (broad SMARTS) is 1. The zero-order valence-corrected chi connectivity index (χ0v) is 15.0. The highest BCUT2D eigenvalue weighted by molar-refractivity contribution is 6.29. The van der Waals surface area contributed by atoms with Crippen molar-refractivity contribution in [1.82, 2.24) is 9.97 Å². The summed E-state index contributed by atoms with van der Waals surface area (Å²) in [6.07, 6.45) is 3.59. The standard InChI is InChI=1S/C18H14ClN5O4/c19-12-8-9(3-5-21-12)13(15(20)25)24-14-10(18(26)27)4-6-22-16(14)23-17(24)11-2-1-7-28-11/h1-8,13,17H,(H2,20,25)(H,22,23)(H,26,27). The lowest BCUT2D eigenvalue weighted by Crippen LogP contribution is -2.40. The average Bonchev–Trinajstić information content (AvgIpc) is 3.29. The number of furan rings is 1. The molecule has 4 rings (SSSR count). The van der Waals surface area contributed by atoms with Crippen molar-refractivity contribution in [2.45, 2.75) is 12.2 Å². The molecule has 0 radical (unpaired) electrons. The van der Waals surface area contributed by atoms with Crippen LogP contribution in [0.15, 0.2) is 53.4 Å². The Balaban J connectivity index is 1.94. The fourth-order valence-electron chi connectivity index (χ4n) is 3.30. The zero-order chi connectivity index (χ0) is 19.8. The summed E-state index contributed by atoms with van der Waals surface area (Å²) < 4.78 is 5.50. The second kappa shape index (κ2) is 6.86. The van der Waals surface area contributed by atoms with Gasteiger partial charge in [0.2, 0.25) is 5.91 Å². The average molecular weight is 400 g/mol. The largest absolute Gasteiger partial charge is 0.478 e. The van der Waals surface area contributed by atoms with Gasteiger partial charge in [-0.2, -0.15) is 0 Å². The van der Waals surface area contributed by atoms with E-state index in [0.29, 0.717) is 17.1 Å². The first-order valence-electron chi connectivity index (χ1n) is 8.18. The van der Waals surface area contributed by atoms with Crippen molar-refractivity contribution in [1.29, 1.82) is 0 Å². The van der Waals surface area contributed by atoms with E-state index in [0.717, 1.165) is 0 Å². The highest BCUT2D eigenvalue weighted by atomic mass is 35.5. The molecule has 142 valence electrons. The van der Waals surface area contributed by atoms with E-state index in [-0.39, 0.29) is 16.4 Å². The summed E-state index contributed by atoms with van der Waals surface area (Å²) in [5.41, 5.74) is 6.38. The number of hydrogen-bond acceptors (Lipinski definition) is 7. The summed E-state index contributed by atoms with van der Waals surface area (Å²) in [6.45, 7) is 0. The highest BCUT2D eigenvalue weighted by Gasteiger charge is 2.42. The smallest absolute Gasteiger partial charge is 0.338 e. The van der Waals surface area contributed by atoms with Crippen LogP contribution in [0.1, 0.15) is 33.9 Å². The molecule has 1 amide bonds. The molecule has 3 aromatic rings. The van der Waals surface area contributed by atoms with E-state index in [1.165, 1.54) is 30.8 Å². The summed E-state index contributed by atoms with van der Waals surface area (Å²) in [5, 5.41) is 12.9. The van der Waals surface area contributed by atoms with E-state index in [9.17, 15) is 14.7 Å². The Bertz CT molecular complexity index is 1060. The highest BCUT2D eigenvalue weighted by Crippen LogP contribution is 2.47. The van der Waals surface area contributed by atoms with Crippen LogP contribution in [0, 0.1) is 0 Å². The third-order valence-corrected chi connectivity index (χ3v) is 4.60. The number of nitrogens with two attached hydrogens (primary N) is 1. The van der Waals surface area contributed by atoms with Gasteiger partial charge in [0.15, 0.2) is 12.0 Å². The van der Waals surface area contributed by atoms with Gasteiger partial charge in [-0.3, -0.25) is 4.79 Å². The molecule has 0 aromatic carbocycles. The second-order valence-corrected chi connectivity index (χ2v) is 6.43. The first-order chi connectivity index (χ1) is 13.5. The molecule has 1 aliphatic heterocycles. The first-order valence-corrected chi connectivity index (χ1v) is 8.56. The molecule has 0 bridgehead atoms. The number of rotatable bonds is 5. The van der Waals surface area contributed by atoms with Gasteiger partial charge in [-0.15, -0.1) is 0 Å². The minimum absolute atomic E-state index is 0.0297. The minimum atomic E-state index is -1.17. The molecular formula is C18H14ClN5O4. The lowest BCUT2D eigenvalue weighted by molar-refractivity contribution is -0.119. The number of pyridine rings is 2. The quantitative estimate of drug-likeness (QED) is 0.557. The Labute approximate surface area is 163 Å². The van der Waals surface area contributed by atoms with E-state index < -0.39 is 24.1 Å². The van der Waals surface area contributed by atoms with E-state index >= 15 is 0 Å². The normalized spacial score (nSPS) is 16.3. The molecular weight excluding hydrogens is 386 g/mol. The maximum absolute atomic E-state index is 12.5. The summed E-state index contributed by atoms with van der Waals surface area (Å²) in [4.78, 5) is 34.0. The third-order valence-electron chi connectivity index (χ3n) is 4.39. The molecule has 0 saturated carbocycles. The Morgan fingerprint density at radius 3 is 2.71 bits per heavy atom. The van der Waals surface area contributed by atoms with E-state index in [2.05, 4.69) is 15.3 Å². The number of nitrogens with zero attached hydrogens (tertiary/aromatic N) is 3. The predicted octanol–water partition coefficient (Wildman–Crippen LogP) is 2.58. The van der Waals surface area contributed by atoms with Gasteiger partial charge in [0, 0.05) is 12.4 Å². The predicted molar refractivity (Wildman–Crippen MR) is 99.9 cm³/mol. The van der Waals surface area contributed by atoms with Crippen LogP contribution in [0.25, 0.3) is 0 Å². The van der Waals surface area contributed by atoms with Gasteiger partial charge in [0.05, 0.1) is 17.5 Å². The van der Waals surface area contributed by atoms with Gasteiger partial charge in [-0.1, -0.05) is 11.6 Å². The van der Waals surface area contributed by atoms with Crippen molar-refractivity contribution < 1.29 is 19.1 Å². The number of primary amides is 1. The molecule has 0 fully saturated rings. The molecule has 0 spiro atoms. The topological polar surface area (TPSA) is 135 Å². The second-order valence-electron chi connectivity index (χ2n) is 6.05. The number of carboxylic acids is 1. The SMILES string of the molecule is NC(=O)C(c1ccnc(Cl)c1)N1c2c(C(=O)O)ccnc2NC1c1ccco1. The fraction of sp³-hybridized carbons (Fsp3) is 0.111. The Hall–Kier alpha value is -3.59. The molecule has 0 aliphatic carbocycles. The summed E-state index contributed by atoms with van der Waals surface area (Å²) >= 11 is 6.00. The van der Waals surface area contributed by atoms with E-state index in [4.69, 9.17) is 21.8 Å². The third kappa shape index (κ3) is 2.91. The number of anilines is 2. The van der Waals surface area contributed by atoms with Crippen LogP contribution in [0.5, 0.6) is 0 Å². The number of fused-ring (bicyclic) bond motifs is 1. The number of carbonyl (C=O) groups excluding carboxylic acids is 1. The molecule has 2 atom stereocenters. The van der Waals surface area contributed by atoms with Gasteiger partial charge >= 0.3 is 5.97 Å². The molecule has 4 heterocycles. The molecule has 28 heavy (non-hydrogen) atoms. The summed E-state index contributed by atoms with van der Waals surface area (Å²) in [6, 6.07) is 6.80. The van der Waals surface area contributed by atoms with Crippen LogP contribution in [0.4, 0.5) is 11.5 Å². The van der Waals surface area contributed by atoms with Crippen LogP contribution in [-0.4, -0.2) is 27.0 Å². The van der Waals surface area contributed by atoms with Gasteiger partial charge in [-0.25, -0.2) is 14.8 Å². The van der Waals surface area contributed by atoms with Crippen molar-refractivity contribution in [3.63, 3.8) is 0 Å². The number of carbonyl (C=O) groups is 2. The Kier molecular flexibility index (Phi) is 4.36. The number of nitrogens with one attached hydrogen (secondary N) is 1. The first kappa shape index (κ1) is 17.8. The van der Waals surface area contributed by atoms with Gasteiger partial charge in [0.25, 0.3) is 0 Å². The fourth-order valence-corrected chi connectivity index (χ4v) is 3.49. The van der Waals surface area contributed by atoms with Crippen molar-refractivity contribution in [2.75, 3.05) is 10.2 Å². The Morgan fingerprint density at radius 1 is 1.29 bits per heavy atom. The number of aromatic nitrogens is 2. The van der Waals surface area contributed by atoms with Crippen LogP contribution >= 0.6 is 11.6 Å². The van der Waals surface area contributed by atoms with Crippen molar-refractivity contribution >= 4 is 35.0 Å². The maximum Gasteiger partial charge on any atom is 0.338 e. The monoisotopic (exact) mass is 399 g/mol. The molecule has 1 aliphatic rings. The molecule has 3 aromatic heterocycles. The zero-order valence-electron chi connectivity index (χ0n) is 14.2. The number of hydrogen-bond donors (Lipinski definition) is 3. The van der Waals surface area contributed by atoms with Gasteiger partial charge in [0.1, 0.15) is 17.0 Å².